The lowest BCUT2D eigenvalue weighted by atomic mass is 10.0. The Balaban J connectivity index is 1.59. The standard InChI is InChI=1S/C30H42N8O5S/c1-22(2)18-26(39)32-13-17-37-28(29(40)35-15-11-31-12-16-35)27(23-8-5-4-6-9-23)38(30(37)41)24-10-7-14-36(20-24)44(42,43)25-19-33-34(3)21-25/h4-6,8-9,19,21-22,24,31H,7,10-18,20H2,1-3H3,(H,32,39). The van der Waals surface area contributed by atoms with Crippen LogP contribution in [0.5, 0.6) is 0 Å². The number of hydrogen-bond acceptors (Lipinski definition) is 7. The molecule has 1 atom stereocenters. The molecule has 5 rings (SSSR count). The number of rotatable bonds is 10. The number of nitrogens with zero attached hydrogens (tertiary/aromatic N) is 6. The van der Waals surface area contributed by atoms with Gasteiger partial charge in [-0.05, 0) is 18.8 Å². The molecule has 2 N–H and O–H groups in total. The van der Waals surface area contributed by atoms with Crippen LogP contribution in [0.4, 0.5) is 0 Å². The van der Waals surface area contributed by atoms with Crippen LogP contribution in [-0.2, 0) is 28.4 Å². The highest BCUT2D eigenvalue weighted by Gasteiger charge is 2.37. The maximum atomic E-state index is 14.4. The van der Waals surface area contributed by atoms with Gasteiger partial charge in [0, 0.05) is 77.6 Å². The summed E-state index contributed by atoms with van der Waals surface area (Å²) in [5, 5.41) is 10.2. The second-order valence-electron chi connectivity index (χ2n) is 11.9. The molecule has 2 saturated heterocycles. The Hall–Kier alpha value is -3.75. The first kappa shape index (κ1) is 31.7. The normalized spacial score (nSPS) is 18.1. The monoisotopic (exact) mass is 626 g/mol. The van der Waals surface area contributed by atoms with Crippen molar-refractivity contribution in [2.45, 2.75) is 50.6 Å². The van der Waals surface area contributed by atoms with Crippen LogP contribution >= 0.6 is 0 Å². The highest BCUT2D eigenvalue weighted by molar-refractivity contribution is 7.89. The number of piperazine rings is 1. The van der Waals surface area contributed by atoms with E-state index in [2.05, 4.69) is 15.7 Å². The number of aryl methyl sites for hydroxylation is 1. The molecule has 0 aliphatic carbocycles. The van der Waals surface area contributed by atoms with Gasteiger partial charge in [0.05, 0.1) is 17.9 Å². The Kier molecular flexibility index (Phi) is 9.71. The van der Waals surface area contributed by atoms with Crippen molar-refractivity contribution in [2.75, 3.05) is 45.8 Å². The number of carbonyl (C=O) groups excluding carboxylic acids is 2. The Morgan fingerprint density at radius 1 is 1.11 bits per heavy atom. The van der Waals surface area contributed by atoms with Crippen molar-refractivity contribution in [3.63, 3.8) is 0 Å². The van der Waals surface area contributed by atoms with Crippen molar-refractivity contribution in [3.05, 3.63) is 58.9 Å². The lowest BCUT2D eigenvalue weighted by molar-refractivity contribution is -0.121. The van der Waals surface area contributed by atoms with Gasteiger partial charge in [-0.1, -0.05) is 44.2 Å². The zero-order valence-corrected chi connectivity index (χ0v) is 26.4. The van der Waals surface area contributed by atoms with Crippen molar-refractivity contribution in [3.8, 4) is 11.3 Å². The second-order valence-corrected chi connectivity index (χ2v) is 13.8. The number of aromatic nitrogens is 4. The summed E-state index contributed by atoms with van der Waals surface area (Å²) in [6.07, 6.45) is 4.27. The van der Waals surface area contributed by atoms with E-state index in [9.17, 15) is 22.8 Å². The van der Waals surface area contributed by atoms with Crippen molar-refractivity contribution in [1.29, 1.82) is 0 Å². The molecule has 1 unspecified atom stereocenters. The number of imidazole rings is 1. The van der Waals surface area contributed by atoms with E-state index in [1.807, 2.05) is 44.2 Å². The topological polar surface area (TPSA) is 144 Å². The lowest BCUT2D eigenvalue weighted by Crippen LogP contribution is -2.47. The SMILES string of the molecule is CC(C)CC(=O)NCCn1c(C(=O)N2CCNCC2)c(-c2ccccc2)n(C2CCCN(S(=O)(=O)c3cnn(C)c3)C2)c1=O. The van der Waals surface area contributed by atoms with Crippen molar-refractivity contribution >= 4 is 21.8 Å². The molecule has 14 heteroatoms. The number of carbonyl (C=O) groups is 2. The van der Waals surface area contributed by atoms with Gasteiger partial charge in [-0.3, -0.25) is 23.4 Å². The second kappa shape index (κ2) is 13.5. The summed E-state index contributed by atoms with van der Waals surface area (Å²) in [6, 6.07) is 8.79. The van der Waals surface area contributed by atoms with E-state index < -0.39 is 21.8 Å². The van der Waals surface area contributed by atoms with Gasteiger partial charge in [0.15, 0.2) is 0 Å². The number of benzene rings is 1. The Morgan fingerprint density at radius 3 is 2.50 bits per heavy atom. The van der Waals surface area contributed by atoms with Crippen LogP contribution in [0, 0.1) is 5.92 Å². The van der Waals surface area contributed by atoms with Crippen LogP contribution in [-0.4, -0.2) is 94.2 Å². The molecule has 3 aromatic rings. The fraction of sp³-hybridized carbons (Fsp3) is 0.533. The predicted octanol–water partition coefficient (Wildman–Crippen LogP) is 1.28. The third-order valence-corrected chi connectivity index (χ3v) is 9.94. The predicted molar refractivity (Wildman–Crippen MR) is 166 cm³/mol. The molecular weight excluding hydrogens is 584 g/mol. The van der Waals surface area contributed by atoms with Gasteiger partial charge < -0.3 is 15.5 Å². The fourth-order valence-electron chi connectivity index (χ4n) is 6.00. The quantitative estimate of drug-likeness (QED) is 0.345. The summed E-state index contributed by atoms with van der Waals surface area (Å²) in [5.41, 5.74) is 1.02. The van der Waals surface area contributed by atoms with Gasteiger partial charge in [-0.15, -0.1) is 0 Å². The van der Waals surface area contributed by atoms with E-state index >= 15 is 0 Å². The van der Waals surface area contributed by atoms with E-state index in [0.29, 0.717) is 63.2 Å². The number of nitrogens with one attached hydrogen (secondary N) is 2. The van der Waals surface area contributed by atoms with E-state index in [4.69, 9.17) is 0 Å². The molecule has 0 saturated carbocycles. The molecule has 0 spiro atoms. The van der Waals surface area contributed by atoms with Gasteiger partial charge in [0.25, 0.3) is 5.91 Å². The minimum absolute atomic E-state index is 0.0768. The minimum Gasteiger partial charge on any atom is -0.354 e. The number of hydrogen-bond donors (Lipinski definition) is 2. The van der Waals surface area contributed by atoms with Gasteiger partial charge in [-0.2, -0.15) is 9.40 Å². The van der Waals surface area contributed by atoms with Crippen LogP contribution < -0.4 is 16.3 Å². The Bertz CT molecular complexity index is 1640. The van der Waals surface area contributed by atoms with Gasteiger partial charge >= 0.3 is 5.69 Å². The summed E-state index contributed by atoms with van der Waals surface area (Å²) < 4.78 is 33.1. The summed E-state index contributed by atoms with van der Waals surface area (Å²) >= 11 is 0. The molecule has 2 aliphatic rings. The molecule has 2 amide bonds. The smallest absolute Gasteiger partial charge is 0.329 e. The van der Waals surface area contributed by atoms with E-state index in [0.717, 1.165) is 0 Å². The van der Waals surface area contributed by atoms with Crippen molar-refractivity contribution in [1.82, 2.24) is 38.8 Å². The van der Waals surface area contributed by atoms with Gasteiger partial charge in [0.1, 0.15) is 10.6 Å². The van der Waals surface area contributed by atoms with E-state index in [-0.39, 0.29) is 48.0 Å². The molecule has 238 valence electrons. The van der Waals surface area contributed by atoms with Crippen LogP contribution in [0.1, 0.15) is 49.6 Å². The highest BCUT2D eigenvalue weighted by atomic mass is 32.2. The van der Waals surface area contributed by atoms with Crippen LogP contribution in [0.2, 0.25) is 0 Å². The molecule has 13 nitrogen and oxygen atoms in total. The third-order valence-electron chi connectivity index (χ3n) is 8.12. The minimum atomic E-state index is -3.84. The first-order chi connectivity index (χ1) is 21.1. The third kappa shape index (κ3) is 6.66. The zero-order valence-electron chi connectivity index (χ0n) is 25.6. The molecule has 1 aromatic carbocycles. The molecule has 44 heavy (non-hydrogen) atoms. The summed E-state index contributed by atoms with van der Waals surface area (Å²) in [6.45, 7) is 6.89. The molecule has 2 aromatic heterocycles. The number of amides is 2. The first-order valence-electron chi connectivity index (χ1n) is 15.2. The summed E-state index contributed by atoms with van der Waals surface area (Å²) in [5.74, 6) is -0.190. The Morgan fingerprint density at radius 2 is 1.84 bits per heavy atom. The largest absolute Gasteiger partial charge is 0.354 e. The van der Waals surface area contributed by atoms with Crippen LogP contribution in [0.25, 0.3) is 11.3 Å². The maximum absolute atomic E-state index is 14.4. The number of sulfonamides is 1. The first-order valence-corrected chi connectivity index (χ1v) is 16.7. The molecule has 4 heterocycles. The zero-order chi connectivity index (χ0) is 31.4. The maximum Gasteiger partial charge on any atom is 0.329 e. The molecule has 0 bridgehead atoms. The average Bonchev–Trinajstić information content (AvgIpc) is 3.58. The van der Waals surface area contributed by atoms with Crippen molar-refractivity contribution < 1.29 is 18.0 Å². The lowest BCUT2D eigenvalue weighted by Gasteiger charge is -2.33. The van der Waals surface area contributed by atoms with E-state index in [1.54, 1.807) is 16.5 Å². The fourth-order valence-corrected chi connectivity index (χ4v) is 7.50. The summed E-state index contributed by atoms with van der Waals surface area (Å²) in [4.78, 5) is 42.9. The molecule has 0 radical (unpaired) electrons. The summed E-state index contributed by atoms with van der Waals surface area (Å²) in [7, 11) is -2.18. The number of piperidine rings is 1. The molecule has 2 fully saturated rings. The van der Waals surface area contributed by atoms with Crippen LogP contribution in [0.15, 0.2) is 52.4 Å². The highest BCUT2D eigenvalue weighted by Crippen LogP contribution is 2.32. The average molecular weight is 627 g/mol. The van der Waals surface area contributed by atoms with Crippen molar-refractivity contribution in [2.24, 2.45) is 13.0 Å². The van der Waals surface area contributed by atoms with E-state index in [1.165, 1.54) is 25.9 Å². The van der Waals surface area contributed by atoms with Crippen LogP contribution in [0.3, 0.4) is 0 Å². The molecular formula is C30H42N8O5S. The Labute approximate surface area is 257 Å². The van der Waals surface area contributed by atoms with Gasteiger partial charge in [-0.25, -0.2) is 13.2 Å². The molecule has 2 aliphatic heterocycles. The van der Waals surface area contributed by atoms with Gasteiger partial charge in [0.2, 0.25) is 15.9 Å².